The fraction of sp³-hybridized carbons (Fsp3) is 0.611. The lowest BCUT2D eigenvalue weighted by Gasteiger charge is -2.23. The Morgan fingerprint density at radius 3 is 2.81 bits per heavy atom. The van der Waals surface area contributed by atoms with Gasteiger partial charge in [-0.05, 0) is 38.3 Å². The monoisotopic (exact) mass is 382 g/mol. The SMILES string of the molecule is CCNC(=NCc1ccc(C)cc1OC)NC[C@H]1CCCN1S(C)(=O)=O. The summed E-state index contributed by atoms with van der Waals surface area (Å²) >= 11 is 0. The molecule has 0 bridgehead atoms. The first-order chi connectivity index (χ1) is 12.3. The molecule has 1 heterocycles. The first-order valence-corrected chi connectivity index (χ1v) is 10.8. The molecule has 26 heavy (non-hydrogen) atoms. The summed E-state index contributed by atoms with van der Waals surface area (Å²) in [6, 6.07) is 6.02. The summed E-state index contributed by atoms with van der Waals surface area (Å²) in [5, 5.41) is 6.49. The highest BCUT2D eigenvalue weighted by molar-refractivity contribution is 7.88. The highest BCUT2D eigenvalue weighted by Gasteiger charge is 2.31. The van der Waals surface area contributed by atoms with Crippen LogP contribution in [-0.4, -0.2) is 57.7 Å². The molecule has 2 N–H and O–H groups in total. The summed E-state index contributed by atoms with van der Waals surface area (Å²) in [5.74, 6) is 1.50. The minimum absolute atomic E-state index is 0.0252. The molecule has 8 heteroatoms. The van der Waals surface area contributed by atoms with Gasteiger partial charge in [0.15, 0.2) is 5.96 Å². The van der Waals surface area contributed by atoms with E-state index in [0.29, 0.717) is 25.6 Å². The number of methoxy groups -OCH3 is 1. The van der Waals surface area contributed by atoms with E-state index in [1.54, 1.807) is 11.4 Å². The first-order valence-electron chi connectivity index (χ1n) is 8.97. The molecule has 0 saturated carbocycles. The van der Waals surface area contributed by atoms with Crippen LogP contribution >= 0.6 is 0 Å². The maximum atomic E-state index is 11.9. The molecule has 1 aliphatic heterocycles. The van der Waals surface area contributed by atoms with Crippen LogP contribution in [0.2, 0.25) is 0 Å². The zero-order valence-electron chi connectivity index (χ0n) is 16.1. The highest BCUT2D eigenvalue weighted by atomic mass is 32.2. The standard InChI is InChI=1S/C18H30N4O3S/c1-5-19-18(20-12-15-9-8-14(2)11-17(15)25-3)21-13-16-7-6-10-22(16)26(4,23)24/h8-9,11,16H,5-7,10,12-13H2,1-4H3,(H2,19,20,21)/t16-/m1/s1. The van der Waals surface area contributed by atoms with Gasteiger partial charge in [-0.1, -0.05) is 12.1 Å². The van der Waals surface area contributed by atoms with Gasteiger partial charge in [-0.15, -0.1) is 0 Å². The van der Waals surface area contributed by atoms with Crippen LogP contribution < -0.4 is 15.4 Å². The highest BCUT2D eigenvalue weighted by Crippen LogP contribution is 2.21. The van der Waals surface area contributed by atoms with Crippen molar-refractivity contribution in [1.29, 1.82) is 0 Å². The molecule has 0 radical (unpaired) electrons. The average Bonchev–Trinajstić information content (AvgIpc) is 3.07. The molecule has 0 unspecified atom stereocenters. The number of aliphatic imine (C=N–C) groups is 1. The Kier molecular flexibility index (Phi) is 7.28. The zero-order chi connectivity index (χ0) is 19.2. The Morgan fingerprint density at radius 2 is 2.15 bits per heavy atom. The van der Waals surface area contributed by atoms with Gasteiger partial charge in [-0.2, -0.15) is 4.31 Å². The molecule has 1 atom stereocenters. The predicted octanol–water partition coefficient (Wildman–Crippen LogP) is 1.48. The number of nitrogens with one attached hydrogen (secondary N) is 2. The molecule has 1 saturated heterocycles. The number of ether oxygens (including phenoxy) is 1. The fourth-order valence-electron chi connectivity index (χ4n) is 3.15. The van der Waals surface area contributed by atoms with Crippen molar-refractivity contribution < 1.29 is 13.2 Å². The van der Waals surface area contributed by atoms with Gasteiger partial charge in [0.2, 0.25) is 10.0 Å². The van der Waals surface area contributed by atoms with Gasteiger partial charge in [-0.25, -0.2) is 13.4 Å². The van der Waals surface area contributed by atoms with E-state index in [-0.39, 0.29) is 6.04 Å². The van der Waals surface area contributed by atoms with Gasteiger partial charge in [0.1, 0.15) is 5.75 Å². The Hall–Kier alpha value is -1.80. The van der Waals surface area contributed by atoms with Crippen LogP contribution in [0.25, 0.3) is 0 Å². The molecule has 2 rings (SSSR count). The van der Waals surface area contributed by atoms with Crippen LogP contribution in [-0.2, 0) is 16.6 Å². The van der Waals surface area contributed by atoms with Crippen molar-refractivity contribution >= 4 is 16.0 Å². The molecule has 0 spiro atoms. The molecular formula is C18H30N4O3S. The number of benzene rings is 1. The number of hydrogen-bond acceptors (Lipinski definition) is 4. The summed E-state index contributed by atoms with van der Waals surface area (Å²) in [6.07, 6.45) is 3.03. The van der Waals surface area contributed by atoms with E-state index < -0.39 is 10.0 Å². The molecule has 7 nitrogen and oxygen atoms in total. The van der Waals surface area contributed by atoms with Crippen molar-refractivity contribution in [2.75, 3.05) is 33.0 Å². The van der Waals surface area contributed by atoms with Crippen LogP contribution in [0.3, 0.4) is 0 Å². The van der Waals surface area contributed by atoms with E-state index in [1.165, 1.54) is 6.26 Å². The van der Waals surface area contributed by atoms with Crippen molar-refractivity contribution in [2.45, 2.75) is 39.3 Å². The molecule has 0 aromatic heterocycles. The van der Waals surface area contributed by atoms with Crippen molar-refractivity contribution in [3.63, 3.8) is 0 Å². The Balaban J connectivity index is 2.03. The molecular weight excluding hydrogens is 352 g/mol. The van der Waals surface area contributed by atoms with E-state index in [0.717, 1.165) is 36.3 Å². The van der Waals surface area contributed by atoms with Crippen molar-refractivity contribution in [2.24, 2.45) is 4.99 Å². The summed E-state index contributed by atoms with van der Waals surface area (Å²) in [5.41, 5.74) is 2.15. The number of nitrogens with zero attached hydrogens (tertiary/aromatic N) is 2. The van der Waals surface area contributed by atoms with Crippen molar-refractivity contribution in [1.82, 2.24) is 14.9 Å². The predicted molar refractivity (Wildman–Crippen MR) is 105 cm³/mol. The van der Waals surface area contributed by atoms with Gasteiger partial charge in [0.25, 0.3) is 0 Å². The molecule has 1 fully saturated rings. The normalized spacial score (nSPS) is 18.8. The largest absolute Gasteiger partial charge is 0.496 e. The molecule has 146 valence electrons. The number of aryl methyl sites for hydroxylation is 1. The van der Waals surface area contributed by atoms with Crippen LogP contribution in [0.5, 0.6) is 5.75 Å². The zero-order valence-corrected chi connectivity index (χ0v) is 16.9. The Labute approximate surface area is 156 Å². The maximum Gasteiger partial charge on any atom is 0.211 e. The maximum absolute atomic E-state index is 11.9. The van der Waals surface area contributed by atoms with Gasteiger partial charge in [0.05, 0.1) is 19.9 Å². The molecule has 0 aliphatic carbocycles. The second kappa shape index (κ2) is 9.23. The third-order valence-electron chi connectivity index (χ3n) is 4.45. The van der Waals surface area contributed by atoms with E-state index in [1.807, 2.05) is 32.0 Å². The number of sulfonamides is 1. The topological polar surface area (TPSA) is 83.0 Å². The van der Waals surface area contributed by atoms with Crippen molar-refractivity contribution in [3.8, 4) is 5.75 Å². The lowest BCUT2D eigenvalue weighted by atomic mass is 10.1. The smallest absolute Gasteiger partial charge is 0.211 e. The second-order valence-corrected chi connectivity index (χ2v) is 8.50. The van der Waals surface area contributed by atoms with Gasteiger partial charge < -0.3 is 15.4 Å². The fourth-order valence-corrected chi connectivity index (χ4v) is 4.33. The van der Waals surface area contributed by atoms with Gasteiger partial charge >= 0.3 is 0 Å². The summed E-state index contributed by atoms with van der Waals surface area (Å²) in [7, 11) is -1.51. The number of hydrogen-bond donors (Lipinski definition) is 2. The molecule has 1 aromatic carbocycles. The third kappa shape index (κ3) is 5.60. The number of rotatable bonds is 7. The van der Waals surface area contributed by atoms with Crippen LogP contribution in [0.15, 0.2) is 23.2 Å². The summed E-state index contributed by atoms with van der Waals surface area (Å²) in [4.78, 5) is 4.62. The van der Waals surface area contributed by atoms with Gasteiger partial charge in [-0.3, -0.25) is 0 Å². The minimum Gasteiger partial charge on any atom is -0.496 e. The molecule has 1 aromatic rings. The number of guanidine groups is 1. The van der Waals surface area contributed by atoms with E-state index in [2.05, 4.69) is 15.6 Å². The lowest BCUT2D eigenvalue weighted by molar-refractivity contribution is 0.387. The van der Waals surface area contributed by atoms with E-state index in [4.69, 9.17) is 4.74 Å². The minimum atomic E-state index is -3.16. The van der Waals surface area contributed by atoms with E-state index in [9.17, 15) is 8.42 Å². The van der Waals surface area contributed by atoms with Crippen molar-refractivity contribution in [3.05, 3.63) is 29.3 Å². The quantitative estimate of drug-likeness (QED) is 0.551. The van der Waals surface area contributed by atoms with Crippen LogP contribution in [0.4, 0.5) is 0 Å². The Bertz CT molecular complexity index is 734. The van der Waals surface area contributed by atoms with Crippen LogP contribution in [0, 0.1) is 6.92 Å². The average molecular weight is 383 g/mol. The van der Waals surface area contributed by atoms with E-state index >= 15 is 0 Å². The summed E-state index contributed by atoms with van der Waals surface area (Å²) < 4.78 is 30.7. The Morgan fingerprint density at radius 1 is 1.38 bits per heavy atom. The molecule has 1 aliphatic rings. The summed E-state index contributed by atoms with van der Waals surface area (Å²) in [6.45, 7) is 6.39. The van der Waals surface area contributed by atoms with Crippen LogP contribution in [0.1, 0.15) is 30.9 Å². The second-order valence-electron chi connectivity index (χ2n) is 6.56. The van der Waals surface area contributed by atoms with Gasteiger partial charge in [0, 0.05) is 31.2 Å². The lowest BCUT2D eigenvalue weighted by Crippen LogP contribution is -2.46. The third-order valence-corrected chi connectivity index (χ3v) is 5.78. The first kappa shape index (κ1) is 20.5. The molecule has 0 amide bonds.